The Bertz CT molecular complexity index is 386. The van der Waals surface area contributed by atoms with Crippen LogP contribution in [0.4, 0.5) is 13.2 Å². The summed E-state index contributed by atoms with van der Waals surface area (Å²) in [6.45, 7) is 1.88. The summed E-state index contributed by atoms with van der Waals surface area (Å²) >= 11 is 0. The zero-order valence-corrected chi connectivity index (χ0v) is 10.6. The Morgan fingerprint density at radius 3 is 2.24 bits per heavy atom. The lowest BCUT2D eigenvalue weighted by Gasteiger charge is -2.20. The molecule has 0 heterocycles. The highest BCUT2D eigenvalue weighted by Gasteiger charge is 2.39. The number of hydrogen-bond donors (Lipinski definition) is 0. The van der Waals surface area contributed by atoms with Crippen LogP contribution in [0.15, 0.2) is 30.3 Å². The van der Waals surface area contributed by atoms with Crippen molar-refractivity contribution in [3.63, 3.8) is 0 Å². The van der Waals surface area contributed by atoms with Crippen LogP contribution >= 0.6 is 7.14 Å². The van der Waals surface area contributed by atoms with E-state index in [0.29, 0.717) is 11.7 Å². The fourth-order valence-electron chi connectivity index (χ4n) is 1.70. The van der Waals surface area contributed by atoms with Crippen molar-refractivity contribution >= 4 is 12.4 Å². The Kier molecular flexibility index (Phi) is 4.81. The van der Waals surface area contributed by atoms with Gasteiger partial charge in [-0.3, -0.25) is 0 Å². The molecule has 1 rings (SSSR count). The van der Waals surface area contributed by atoms with Gasteiger partial charge in [0.05, 0.1) is 0 Å². The lowest BCUT2D eigenvalue weighted by Crippen LogP contribution is -2.21. The Balaban J connectivity index is 2.98. The van der Waals surface area contributed by atoms with Crippen molar-refractivity contribution in [1.82, 2.24) is 0 Å². The molecule has 0 aliphatic rings. The topological polar surface area (TPSA) is 17.1 Å². The molecule has 0 aliphatic heterocycles. The van der Waals surface area contributed by atoms with Crippen LogP contribution in [0.2, 0.25) is 0 Å². The van der Waals surface area contributed by atoms with Crippen LogP contribution in [-0.4, -0.2) is 18.5 Å². The Morgan fingerprint density at radius 1 is 1.18 bits per heavy atom. The van der Waals surface area contributed by atoms with Gasteiger partial charge in [0.1, 0.15) is 13.3 Å². The lowest BCUT2D eigenvalue weighted by molar-refractivity contribution is -0.106. The quantitative estimate of drug-likeness (QED) is 0.733. The Hall–Kier alpha value is -0.760. The first kappa shape index (κ1) is 14.3. The normalized spacial score (nSPS) is 15.5. The van der Waals surface area contributed by atoms with Gasteiger partial charge >= 0.3 is 6.18 Å². The molecular weight excluding hydrogens is 248 g/mol. The molecule has 0 spiro atoms. The number of benzene rings is 1. The van der Waals surface area contributed by atoms with Gasteiger partial charge in [0.15, 0.2) is 0 Å². The number of hydrogen-bond acceptors (Lipinski definition) is 1. The zero-order valence-electron chi connectivity index (χ0n) is 9.70. The predicted octanol–water partition coefficient (Wildman–Crippen LogP) is 4.04. The summed E-state index contributed by atoms with van der Waals surface area (Å²) < 4.78 is 49.9. The highest BCUT2D eigenvalue weighted by molar-refractivity contribution is 7.71. The van der Waals surface area contributed by atoms with Crippen molar-refractivity contribution in [3.05, 3.63) is 30.3 Å². The third-order valence-electron chi connectivity index (χ3n) is 2.53. The second-order valence-electron chi connectivity index (χ2n) is 4.08. The van der Waals surface area contributed by atoms with Crippen molar-refractivity contribution in [1.29, 1.82) is 0 Å². The molecule has 0 amide bonds. The van der Waals surface area contributed by atoms with E-state index in [9.17, 15) is 17.7 Å². The second-order valence-corrected chi connectivity index (χ2v) is 7.13. The molecule has 1 nitrogen and oxygen atoms in total. The van der Waals surface area contributed by atoms with Crippen molar-refractivity contribution in [2.75, 3.05) is 12.3 Å². The minimum atomic E-state index is -4.38. The van der Waals surface area contributed by atoms with Gasteiger partial charge in [-0.15, -0.1) is 0 Å². The molecule has 0 bridgehead atoms. The highest BCUT2D eigenvalue weighted by Crippen LogP contribution is 2.49. The van der Waals surface area contributed by atoms with Crippen molar-refractivity contribution < 1.29 is 17.7 Å². The fraction of sp³-hybridized carbons (Fsp3) is 0.500. The van der Waals surface area contributed by atoms with Gasteiger partial charge in [0.25, 0.3) is 0 Å². The van der Waals surface area contributed by atoms with E-state index < -0.39 is 19.5 Å². The van der Waals surface area contributed by atoms with E-state index in [1.807, 2.05) is 6.92 Å². The van der Waals surface area contributed by atoms with Crippen molar-refractivity contribution in [2.45, 2.75) is 25.9 Å². The third kappa shape index (κ3) is 4.55. The lowest BCUT2D eigenvalue weighted by atomic mass is 10.4. The minimum absolute atomic E-state index is 0.132. The van der Waals surface area contributed by atoms with E-state index in [0.717, 1.165) is 6.42 Å². The molecule has 17 heavy (non-hydrogen) atoms. The molecule has 0 radical (unpaired) electrons. The number of rotatable bonds is 5. The van der Waals surface area contributed by atoms with Gasteiger partial charge < -0.3 is 4.57 Å². The van der Waals surface area contributed by atoms with Gasteiger partial charge in [-0.05, 0) is 6.42 Å². The maximum Gasteiger partial charge on any atom is 0.396 e. The zero-order chi connectivity index (χ0) is 12.9. The summed E-state index contributed by atoms with van der Waals surface area (Å²) in [6, 6.07) is 8.03. The highest BCUT2D eigenvalue weighted by atomic mass is 31.2. The van der Waals surface area contributed by atoms with Crippen LogP contribution in [0, 0.1) is 0 Å². The molecule has 1 aromatic carbocycles. The smallest absolute Gasteiger partial charge is 0.318 e. The average Bonchev–Trinajstić information content (AvgIpc) is 2.25. The summed E-state index contributed by atoms with van der Waals surface area (Å²) in [5.41, 5.74) is 0. The maximum atomic E-state index is 12.5. The SMILES string of the molecule is CCCCP(=O)(CC(F)(F)F)c1ccccc1. The molecule has 0 aliphatic carbocycles. The molecule has 5 heteroatoms. The first-order valence-electron chi connectivity index (χ1n) is 5.58. The predicted molar refractivity (Wildman–Crippen MR) is 64.4 cm³/mol. The first-order valence-corrected chi connectivity index (χ1v) is 7.65. The molecular formula is C12H16F3OP. The molecule has 0 N–H and O–H groups in total. The van der Waals surface area contributed by atoms with E-state index >= 15 is 0 Å². The molecule has 1 aromatic rings. The van der Waals surface area contributed by atoms with Crippen LogP contribution in [0.3, 0.4) is 0 Å². The van der Waals surface area contributed by atoms with Crippen molar-refractivity contribution in [2.24, 2.45) is 0 Å². The Morgan fingerprint density at radius 2 is 1.76 bits per heavy atom. The molecule has 0 saturated heterocycles. The van der Waals surface area contributed by atoms with E-state index in [1.165, 1.54) is 12.1 Å². The molecule has 1 unspecified atom stereocenters. The van der Waals surface area contributed by atoms with Gasteiger partial charge in [-0.1, -0.05) is 43.7 Å². The fourth-order valence-corrected chi connectivity index (χ4v) is 4.42. The van der Waals surface area contributed by atoms with E-state index in [4.69, 9.17) is 0 Å². The maximum absolute atomic E-state index is 12.5. The average molecular weight is 264 g/mol. The van der Waals surface area contributed by atoms with Gasteiger partial charge in [-0.2, -0.15) is 13.2 Å². The summed E-state index contributed by atoms with van der Waals surface area (Å²) in [6.07, 6.45) is -4.13. The number of alkyl halides is 3. The van der Waals surface area contributed by atoms with E-state index in [2.05, 4.69) is 0 Å². The van der Waals surface area contributed by atoms with Crippen LogP contribution in [0.5, 0.6) is 0 Å². The summed E-state index contributed by atoms with van der Waals surface area (Å²) in [5.74, 6) is 0. The minimum Gasteiger partial charge on any atom is -0.318 e. The number of unbranched alkanes of at least 4 members (excludes halogenated alkanes) is 1. The van der Waals surface area contributed by atoms with Crippen molar-refractivity contribution in [3.8, 4) is 0 Å². The van der Waals surface area contributed by atoms with Crippen LogP contribution in [-0.2, 0) is 4.57 Å². The largest absolute Gasteiger partial charge is 0.396 e. The summed E-state index contributed by atoms with van der Waals surface area (Å²) in [5, 5.41) is 0.339. The molecule has 96 valence electrons. The summed E-state index contributed by atoms with van der Waals surface area (Å²) in [4.78, 5) is 0. The molecule has 0 aromatic heterocycles. The monoisotopic (exact) mass is 264 g/mol. The van der Waals surface area contributed by atoms with Crippen LogP contribution < -0.4 is 5.30 Å². The van der Waals surface area contributed by atoms with Gasteiger partial charge in [-0.25, -0.2) is 0 Å². The number of halogens is 3. The van der Waals surface area contributed by atoms with Gasteiger partial charge in [0, 0.05) is 11.5 Å². The second kappa shape index (κ2) is 5.72. The molecule has 0 saturated carbocycles. The standard InChI is InChI=1S/C12H16F3OP/c1-2-3-9-17(16,10-12(13,14)15)11-7-5-4-6-8-11/h4-8H,2-3,9-10H2,1H3. The molecule has 1 atom stereocenters. The van der Waals surface area contributed by atoms with E-state index in [1.54, 1.807) is 18.2 Å². The van der Waals surface area contributed by atoms with E-state index in [-0.39, 0.29) is 6.16 Å². The van der Waals surface area contributed by atoms with Crippen LogP contribution in [0.1, 0.15) is 19.8 Å². The van der Waals surface area contributed by atoms with Crippen LogP contribution in [0.25, 0.3) is 0 Å². The molecule has 0 fully saturated rings. The summed E-state index contributed by atoms with van der Waals surface area (Å²) in [7, 11) is -3.33. The first-order chi connectivity index (χ1) is 7.87. The third-order valence-corrected chi connectivity index (χ3v) is 5.68. The van der Waals surface area contributed by atoms with Gasteiger partial charge in [0.2, 0.25) is 0 Å². The Labute approximate surface area is 99.4 Å².